The maximum atomic E-state index is 5.20. The van der Waals surface area contributed by atoms with Crippen LogP contribution in [-0.2, 0) is 0 Å². The van der Waals surface area contributed by atoms with Gasteiger partial charge in [-0.25, -0.2) is 29.9 Å². The van der Waals surface area contributed by atoms with Gasteiger partial charge in [0.25, 0.3) is 0 Å². The molecule has 7 heteroatoms. The highest BCUT2D eigenvalue weighted by Crippen LogP contribution is 2.42. The average Bonchev–Trinajstić information content (AvgIpc) is 2.07. The van der Waals surface area contributed by atoms with Crippen molar-refractivity contribution in [2.75, 3.05) is 4.90 Å². The van der Waals surface area contributed by atoms with Gasteiger partial charge >= 0.3 is 0 Å². The zero-order valence-corrected chi connectivity index (χ0v) is 49.5. The van der Waals surface area contributed by atoms with E-state index in [1.165, 1.54) is 0 Å². The third-order valence-corrected chi connectivity index (χ3v) is 16.3. The van der Waals surface area contributed by atoms with E-state index in [4.69, 9.17) is 29.9 Å². The van der Waals surface area contributed by atoms with E-state index in [1.54, 1.807) is 0 Å². The van der Waals surface area contributed by atoms with Crippen molar-refractivity contribution in [1.82, 2.24) is 29.9 Å². The summed E-state index contributed by atoms with van der Waals surface area (Å²) in [6.45, 7) is 0. The van der Waals surface area contributed by atoms with Crippen LogP contribution in [0.1, 0.15) is 0 Å². The average molecular weight is 1160 g/mol. The van der Waals surface area contributed by atoms with Gasteiger partial charge in [-0.1, -0.05) is 273 Å². The summed E-state index contributed by atoms with van der Waals surface area (Å²) in [4.78, 5) is 33.2. The normalized spacial score (nSPS) is 11.1. The molecule has 7 nitrogen and oxygen atoms in total. The van der Waals surface area contributed by atoms with E-state index in [9.17, 15) is 0 Å². The van der Waals surface area contributed by atoms with Crippen LogP contribution in [0.4, 0.5) is 17.1 Å². The highest BCUT2D eigenvalue weighted by Gasteiger charge is 2.19. The lowest BCUT2D eigenvalue weighted by Crippen LogP contribution is -2.10. The third kappa shape index (κ3) is 12.1. The van der Waals surface area contributed by atoms with Gasteiger partial charge in [-0.15, -0.1) is 0 Å². The van der Waals surface area contributed by atoms with Crippen molar-refractivity contribution in [3.05, 3.63) is 346 Å². The molecule has 3 aromatic heterocycles. The molecule has 0 N–H and O–H groups in total. The van der Waals surface area contributed by atoms with Gasteiger partial charge < -0.3 is 4.90 Å². The molecular formula is C84H57N7. The summed E-state index contributed by atoms with van der Waals surface area (Å²) < 4.78 is 0. The second-order valence-electron chi connectivity index (χ2n) is 22.3. The standard InChI is InChI=1S/C84H57N7/c1-7-25-58(26-8-1)76-55-79(88-82(85-76)61-31-13-4-14-32-61)70-43-19-37-64(49-70)67-40-22-46-73(52-67)91(74-47-23-41-68(53-74)65-38-20-44-71(50-65)80-56-77(59-27-9-2-10-28-59)86-83(89-80)62-33-15-5-16-34-62)75-48-24-42-69(54-75)66-39-21-45-72(51-66)81-57-78(60-29-11-3-12-30-60)87-84(90-81)63-35-17-6-18-36-63/h1-57H. The Bertz CT molecular complexity index is 4360. The van der Waals surface area contributed by atoms with Crippen LogP contribution in [0.5, 0.6) is 0 Å². The largest absolute Gasteiger partial charge is 0.310 e. The van der Waals surface area contributed by atoms with Gasteiger partial charge in [0.05, 0.1) is 34.2 Å². The summed E-state index contributed by atoms with van der Waals surface area (Å²) in [6, 6.07) is 120. The fourth-order valence-corrected chi connectivity index (χ4v) is 11.7. The number of aromatic nitrogens is 6. The highest BCUT2D eigenvalue weighted by atomic mass is 15.1. The Kier molecular flexibility index (Phi) is 15.3. The summed E-state index contributed by atoms with van der Waals surface area (Å²) in [5.74, 6) is 2.03. The minimum Gasteiger partial charge on any atom is -0.310 e. The molecule has 0 aliphatic carbocycles. The first-order valence-corrected chi connectivity index (χ1v) is 30.5. The number of benzene rings is 12. The van der Waals surface area contributed by atoms with Gasteiger partial charge in [0.1, 0.15) is 0 Å². The van der Waals surface area contributed by atoms with Gasteiger partial charge in [0.15, 0.2) is 17.5 Å². The molecule has 0 radical (unpaired) electrons. The molecule has 0 fully saturated rings. The SMILES string of the molecule is c1ccc(-c2cc(-c3cccc(-c4cccc(N(c5cccc(-c6cccc(-c7cc(-c8ccccc8)nc(-c8ccccc8)n7)c6)c5)c5cccc(-c6cccc(-c7cc(-c8ccccc8)nc(-c8ccccc8)n7)c6)c5)c4)c3)nc(-c3ccccc3)n2)cc1. The molecule has 0 saturated heterocycles. The van der Waals surface area contributed by atoms with E-state index in [0.717, 1.165) is 135 Å². The fraction of sp³-hybridized carbons (Fsp3) is 0. The molecule has 0 aliphatic heterocycles. The molecule has 15 aromatic rings. The van der Waals surface area contributed by atoms with Crippen LogP contribution in [-0.4, -0.2) is 29.9 Å². The van der Waals surface area contributed by atoms with Crippen molar-refractivity contribution in [3.8, 4) is 135 Å². The monoisotopic (exact) mass is 1160 g/mol. The first-order chi connectivity index (χ1) is 45.0. The Balaban J connectivity index is 0.836. The van der Waals surface area contributed by atoms with Crippen molar-refractivity contribution in [2.24, 2.45) is 0 Å². The molecule has 91 heavy (non-hydrogen) atoms. The number of hydrogen-bond donors (Lipinski definition) is 0. The van der Waals surface area contributed by atoms with Crippen LogP contribution in [0, 0.1) is 0 Å². The molecular weight excluding hydrogens is 1110 g/mol. The molecule has 428 valence electrons. The summed E-state index contributed by atoms with van der Waals surface area (Å²) in [5.41, 5.74) is 23.4. The van der Waals surface area contributed by atoms with Crippen molar-refractivity contribution in [2.45, 2.75) is 0 Å². The summed E-state index contributed by atoms with van der Waals surface area (Å²) in [6.07, 6.45) is 0. The van der Waals surface area contributed by atoms with Crippen LogP contribution in [0.25, 0.3) is 135 Å². The van der Waals surface area contributed by atoms with E-state index in [2.05, 4.69) is 241 Å². The second kappa shape index (κ2) is 25.2. The summed E-state index contributed by atoms with van der Waals surface area (Å²) in [7, 11) is 0. The predicted molar refractivity (Wildman–Crippen MR) is 373 cm³/mol. The molecule has 0 aliphatic rings. The maximum Gasteiger partial charge on any atom is 0.160 e. The summed E-state index contributed by atoms with van der Waals surface area (Å²) in [5, 5.41) is 0. The second-order valence-corrected chi connectivity index (χ2v) is 22.3. The number of rotatable bonds is 15. The van der Waals surface area contributed by atoms with E-state index in [-0.39, 0.29) is 0 Å². The topological polar surface area (TPSA) is 80.6 Å². The number of anilines is 3. The molecule has 3 heterocycles. The van der Waals surface area contributed by atoms with Gasteiger partial charge in [-0.2, -0.15) is 0 Å². The van der Waals surface area contributed by atoms with Crippen LogP contribution in [0.3, 0.4) is 0 Å². The van der Waals surface area contributed by atoms with Crippen molar-refractivity contribution < 1.29 is 0 Å². The Labute approximate surface area is 529 Å². The first kappa shape index (κ1) is 55.3. The molecule has 0 amide bonds. The Morgan fingerprint density at radius 1 is 0.143 bits per heavy atom. The van der Waals surface area contributed by atoms with Gasteiger partial charge in [0.2, 0.25) is 0 Å². The van der Waals surface area contributed by atoms with E-state index in [0.29, 0.717) is 17.5 Å². The Morgan fingerprint density at radius 3 is 0.582 bits per heavy atom. The quantitative estimate of drug-likeness (QED) is 0.101. The predicted octanol–water partition coefficient (Wildman–Crippen LogP) is 21.5. The molecule has 0 unspecified atom stereocenters. The van der Waals surface area contributed by atoms with Crippen LogP contribution in [0.2, 0.25) is 0 Å². The molecule has 0 saturated carbocycles. The van der Waals surface area contributed by atoms with Crippen LogP contribution >= 0.6 is 0 Å². The summed E-state index contributed by atoms with van der Waals surface area (Å²) >= 11 is 0. The van der Waals surface area contributed by atoms with Crippen molar-refractivity contribution >= 4 is 17.1 Å². The molecule has 15 rings (SSSR count). The molecule has 12 aromatic carbocycles. The third-order valence-electron chi connectivity index (χ3n) is 16.3. The highest BCUT2D eigenvalue weighted by molar-refractivity contribution is 5.87. The van der Waals surface area contributed by atoms with Crippen LogP contribution in [0.15, 0.2) is 346 Å². The van der Waals surface area contributed by atoms with Gasteiger partial charge in [-0.05, 0) is 106 Å². The first-order valence-electron chi connectivity index (χ1n) is 30.5. The van der Waals surface area contributed by atoms with Gasteiger partial charge in [-0.3, -0.25) is 0 Å². The van der Waals surface area contributed by atoms with Gasteiger partial charge in [0, 0.05) is 67.1 Å². The minimum absolute atomic E-state index is 0.676. The molecule has 0 spiro atoms. The van der Waals surface area contributed by atoms with Crippen LogP contribution < -0.4 is 4.90 Å². The lowest BCUT2D eigenvalue weighted by molar-refractivity contribution is 1.18. The smallest absolute Gasteiger partial charge is 0.160 e. The molecule has 0 atom stereocenters. The Hall–Kier alpha value is -12.3. The van der Waals surface area contributed by atoms with E-state index in [1.807, 2.05) is 109 Å². The zero-order chi connectivity index (χ0) is 60.7. The van der Waals surface area contributed by atoms with Crippen molar-refractivity contribution in [3.63, 3.8) is 0 Å². The lowest BCUT2D eigenvalue weighted by Gasteiger charge is -2.27. The molecule has 0 bridgehead atoms. The van der Waals surface area contributed by atoms with E-state index >= 15 is 0 Å². The number of nitrogens with zero attached hydrogens (tertiary/aromatic N) is 7. The Morgan fingerprint density at radius 2 is 0.330 bits per heavy atom. The minimum atomic E-state index is 0.676. The number of hydrogen-bond acceptors (Lipinski definition) is 7. The fourth-order valence-electron chi connectivity index (χ4n) is 11.7. The van der Waals surface area contributed by atoms with E-state index < -0.39 is 0 Å². The maximum absolute atomic E-state index is 5.20. The zero-order valence-electron chi connectivity index (χ0n) is 49.5. The van der Waals surface area contributed by atoms with Crippen molar-refractivity contribution in [1.29, 1.82) is 0 Å². The lowest BCUT2D eigenvalue weighted by atomic mass is 9.98.